The molecule has 0 amide bonds. The van der Waals surface area contributed by atoms with Gasteiger partial charge < -0.3 is 10.6 Å². The Hall–Kier alpha value is -0.0800. The van der Waals surface area contributed by atoms with E-state index in [1.54, 1.807) is 0 Å². The van der Waals surface area contributed by atoms with Gasteiger partial charge in [-0.05, 0) is 37.0 Å². The van der Waals surface area contributed by atoms with Crippen molar-refractivity contribution in [1.82, 2.24) is 10.6 Å². The molecule has 0 radical (unpaired) electrons. The Kier molecular flexibility index (Phi) is 8.10. The lowest BCUT2D eigenvalue weighted by Gasteiger charge is -2.39. The van der Waals surface area contributed by atoms with E-state index in [9.17, 15) is 0 Å². The number of nitrogens with one attached hydrogen (secondary N) is 2. The number of rotatable bonds is 8. The molecule has 0 unspecified atom stereocenters. The van der Waals surface area contributed by atoms with E-state index in [-0.39, 0.29) is 0 Å². The van der Waals surface area contributed by atoms with E-state index in [2.05, 4.69) is 24.5 Å². The SMILES string of the molecule is CCCCCC1CNC(C2CCC(CCCC)CC2)NC1. The van der Waals surface area contributed by atoms with Gasteiger partial charge in [0.25, 0.3) is 0 Å². The second-order valence-corrected chi connectivity index (χ2v) is 7.58. The van der Waals surface area contributed by atoms with Crippen LogP contribution in [0.3, 0.4) is 0 Å². The highest BCUT2D eigenvalue weighted by Crippen LogP contribution is 2.33. The molecule has 2 fully saturated rings. The van der Waals surface area contributed by atoms with Crippen LogP contribution >= 0.6 is 0 Å². The van der Waals surface area contributed by atoms with E-state index in [0.717, 1.165) is 17.8 Å². The molecule has 0 aromatic rings. The molecule has 2 aliphatic rings. The first-order chi connectivity index (χ1) is 10.3. The molecule has 1 aliphatic carbocycles. The number of unbranched alkanes of at least 4 members (excludes halogenated alkanes) is 3. The van der Waals surface area contributed by atoms with Crippen molar-refractivity contribution in [1.29, 1.82) is 0 Å². The van der Waals surface area contributed by atoms with Crippen molar-refractivity contribution in [3.05, 3.63) is 0 Å². The van der Waals surface area contributed by atoms with E-state index in [0.29, 0.717) is 6.17 Å². The second kappa shape index (κ2) is 9.84. The molecule has 1 heterocycles. The van der Waals surface area contributed by atoms with Gasteiger partial charge in [-0.1, -0.05) is 65.2 Å². The van der Waals surface area contributed by atoms with E-state index in [4.69, 9.17) is 0 Å². The molecule has 1 aliphatic heterocycles. The molecule has 124 valence electrons. The Labute approximate surface area is 132 Å². The van der Waals surface area contributed by atoms with Gasteiger partial charge in [-0.25, -0.2) is 0 Å². The Bertz CT molecular complexity index is 250. The van der Waals surface area contributed by atoms with E-state index in [1.807, 2.05) is 0 Å². The van der Waals surface area contributed by atoms with Crippen LogP contribution in [0.4, 0.5) is 0 Å². The Morgan fingerprint density at radius 3 is 1.95 bits per heavy atom. The van der Waals surface area contributed by atoms with Crippen LogP contribution in [0.15, 0.2) is 0 Å². The average molecular weight is 295 g/mol. The smallest absolute Gasteiger partial charge is 0.0600 e. The quantitative estimate of drug-likeness (QED) is 0.634. The van der Waals surface area contributed by atoms with Crippen molar-refractivity contribution in [2.45, 2.75) is 90.6 Å². The average Bonchev–Trinajstić information content (AvgIpc) is 2.54. The topological polar surface area (TPSA) is 24.1 Å². The predicted octanol–water partition coefficient (Wildman–Crippen LogP) is 4.70. The van der Waals surface area contributed by atoms with Gasteiger partial charge in [0.05, 0.1) is 6.17 Å². The zero-order valence-electron chi connectivity index (χ0n) is 14.5. The molecular formula is C19H38N2. The highest BCUT2D eigenvalue weighted by molar-refractivity contribution is 4.85. The maximum absolute atomic E-state index is 3.81. The molecule has 2 N–H and O–H groups in total. The van der Waals surface area contributed by atoms with E-state index in [1.165, 1.54) is 83.7 Å². The summed E-state index contributed by atoms with van der Waals surface area (Å²) in [5.74, 6) is 2.79. The van der Waals surface area contributed by atoms with Crippen molar-refractivity contribution in [3.63, 3.8) is 0 Å². The van der Waals surface area contributed by atoms with Crippen LogP contribution in [-0.4, -0.2) is 19.3 Å². The fourth-order valence-corrected chi connectivity index (χ4v) is 4.26. The van der Waals surface area contributed by atoms with Crippen LogP contribution in [0, 0.1) is 17.8 Å². The van der Waals surface area contributed by atoms with Gasteiger partial charge in [0.1, 0.15) is 0 Å². The first-order valence-electron chi connectivity index (χ1n) is 9.80. The van der Waals surface area contributed by atoms with E-state index < -0.39 is 0 Å². The van der Waals surface area contributed by atoms with Crippen LogP contribution in [0.25, 0.3) is 0 Å². The normalized spacial score (nSPS) is 34.0. The first kappa shape index (κ1) is 17.3. The summed E-state index contributed by atoms with van der Waals surface area (Å²) in [6.07, 6.45) is 16.3. The maximum atomic E-state index is 3.81. The molecule has 1 saturated carbocycles. The van der Waals surface area contributed by atoms with Crippen molar-refractivity contribution < 1.29 is 0 Å². The summed E-state index contributed by atoms with van der Waals surface area (Å²) >= 11 is 0. The highest BCUT2D eigenvalue weighted by Gasteiger charge is 2.29. The van der Waals surface area contributed by atoms with Gasteiger partial charge in [-0.3, -0.25) is 0 Å². The molecule has 21 heavy (non-hydrogen) atoms. The van der Waals surface area contributed by atoms with Crippen LogP contribution in [0.5, 0.6) is 0 Å². The molecular weight excluding hydrogens is 256 g/mol. The van der Waals surface area contributed by atoms with Gasteiger partial charge in [0.2, 0.25) is 0 Å². The standard InChI is InChI=1S/C19H38N2/c1-3-5-7-9-17-14-20-19(21-15-17)18-12-10-16(11-13-18)8-6-4-2/h16-21H,3-15H2,1-2H3. The Balaban J connectivity index is 1.60. The third-order valence-corrected chi connectivity index (χ3v) is 5.80. The summed E-state index contributed by atoms with van der Waals surface area (Å²) in [6, 6.07) is 0. The lowest BCUT2D eigenvalue weighted by molar-refractivity contribution is 0.158. The third kappa shape index (κ3) is 5.90. The van der Waals surface area contributed by atoms with Gasteiger partial charge >= 0.3 is 0 Å². The molecule has 2 heteroatoms. The second-order valence-electron chi connectivity index (χ2n) is 7.58. The zero-order chi connectivity index (χ0) is 14.9. The molecule has 0 atom stereocenters. The number of hydrogen-bond acceptors (Lipinski definition) is 2. The predicted molar refractivity (Wildman–Crippen MR) is 92.4 cm³/mol. The molecule has 2 nitrogen and oxygen atoms in total. The van der Waals surface area contributed by atoms with Crippen LogP contribution < -0.4 is 10.6 Å². The monoisotopic (exact) mass is 294 g/mol. The van der Waals surface area contributed by atoms with E-state index >= 15 is 0 Å². The number of hydrogen-bond donors (Lipinski definition) is 2. The summed E-state index contributed by atoms with van der Waals surface area (Å²) in [7, 11) is 0. The lowest BCUT2D eigenvalue weighted by atomic mass is 9.78. The Morgan fingerprint density at radius 1 is 0.714 bits per heavy atom. The van der Waals surface area contributed by atoms with Gasteiger partial charge in [0.15, 0.2) is 0 Å². The summed E-state index contributed by atoms with van der Waals surface area (Å²) < 4.78 is 0. The molecule has 0 spiro atoms. The van der Waals surface area contributed by atoms with Gasteiger partial charge in [-0.2, -0.15) is 0 Å². The van der Waals surface area contributed by atoms with Crippen molar-refractivity contribution in [2.75, 3.05) is 13.1 Å². The van der Waals surface area contributed by atoms with Crippen molar-refractivity contribution in [3.8, 4) is 0 Å². The first-order valence-corrected chi connectivity index (χ1v) is 9.80. The molecule has 0 bridgehead atoms. The summed E-state index contributed by atoms with van der Waals surface area (Å²) in [4.78, 5) is 0. The minimum Gasteiger partial charge on any atom is -0.301 e. The molecule has 1 saturated heterocycles. The fraction of sp³-hybridized carbons (Fsp3) is 1.00. The fourth-order valence-electron chi connectivity index (χ4n) is 4.26. The zero-order valence-corrected chi connectivity index (χ0v) is 14.5. The van der Waals surface area contributed by atoms with Crippen molar-refractivity contribution >= 4 is 0 Å². The Morgan fingerprint density at radius 2 is 1.33 bits per heavy atom. The minimum atomic E-state index is 0.611. The third-order valence-electron chi connectivity index (χ3n) is 5.80. The van der Waals surface area contributed by atoms with Crippen LogP contribution in [-0.2, 0) is 0 Å². The molecule has 0 aromatic heterocycles. The molecule has 2 rings (SSSR count). The summed E-state index contributed by atoms with van der Waals surface area (Å²) in [5, 5.41) is 7.63. The summed E-state index contributed by atoms with van der Waals surface area (Å²) in [6.45, 7) is 7.11. The van der Waals surface area contributed by atoms with Crippen LogP contribution in [0.2, 0.25) is 0 Å². The van der Waals surface area contributed by atoms with Crippen molar-refractivity contribution in [2.24, 2.45) is 17.8 Å². The summed E-state index contributed by atoms with van der Waals surface area (Å²) in [5.41, 5.74) is 0. The molecule has 0 aromatic carbocycles. The van der Waals surface area contributed by atoms with Crippen LogP contribution in [0.1, 0.15) is 84.5 Å². The lowest BCUT2D eigenvalue weighted by Crippen LogP contribution is -2.56. The maximum Gasteiger partial charge on any atom is 0.0600 e. The highest BCUT2D eigenvalue weighted by atomic mass is 15.2. The van der Waals surface area contributed by atoms with Gasteiger partial charge in [-0.15, -0.1) is 0 Å². The largest absolute Gasteiger partial charge is 0.301 e. The minimum absolute atomic E-state index is 0.611. The van der Waals surface area contributed by atoms with Gasteiger partial charge in [0, 0.05) is 13.1 Å².